The van der Waals surface area contributed by atoms with Gasteiger partial charge in [0.15, 0.2) is 11.6 Å². The van der Waals surface area contributed by atoms with E-state index in [0.717, 1.165) is 18.5 Å². The van der Waals surface area contributed by atoms with Crippen molar-refractivity contribution in [1.82, 2.24) is 14.9 Å². The predicted octanol–water partition coefficient (Wildman–Crippen LogP) is 2.95. The Morgan fingerprint density at radius 1 is 1.19 bits per heavy atom. The zero-order chi connectivity index (χ0) is 26.2. The number of amides is 2. The Morgan fingerprint density at radius 3 is 2.64 bits per heavy atom. The number of nitrogens with zero attached hydrogens (tertiary/aromatic N) is 5. The molecule has 3 heterocycles. The molecule has 0 bridgehead atoms. The van der Waals surface area contributed by atoms with Crippen molar-refractivity contribution in [2.45, 2.75) is 31.5 Å². The van der Waals surface area contributed by atoms with Gasteiger partial charge in [0.2, 0.25) is 11.7 Å². The maximum absolute atomic E-state index is 14.6. The van der Waals surface area contributed by atoms with Crippen LogP contribution in [-0.4, -0.2) is 58.1 Å². The van der Waals surface area contributed by atoms with E-state index in [9.17, 15) is 27.2 Å². The Bertz CT molecular complexity index is 1220. The van der Waals surface area contributed by atoms with E-state index in [1.165, 1.54) is 11.0 Å². The number of halogens is 5. The number of hydrogen-bond acceptors (Lipinski definition) is 7. The molecule has 9 nitrogen and oxygen atoms in total. The van der Waals surface area contributed by atoms with Gasteiger partial charge in [0, 0.05) is 24.7 Å². The van der Waals surface area contributed by atoms with Gasteiger partial charge in [-0.1, -0.05) is 11.6 Å². The molecule has 1 aromatic carbocycles. The van der Waals surface area contributed by atoms with Crippen LogP contribution in [0.2, 0.25) is 5.02 Å². The third-order valence-electron chi connectivity index (χ3n) is 6.24. The highest BCUT2D eigenvalue weighted by Gasteiger charge is 2.42. The summed E-state index contributed by atoms with van der Waals surface area (Å²) in [5, 5.41) is -0.174. The zero-order valence-corrected chi connectivity index (χ0v) is 19.6. The number of alkyl halides is 3. The lowest BCUT2D eigenvalue weighted by Crippen LogP contribution is -2.60. The number of aliphatic imine (C=N–C) groups is 1. The number of piperidine rings is 2. The van der Waals surface area contributed by atoms with Crippen LogP contribution in [0.15, 0.2) is 29.5 Å². The van der Waals surface area contributed by atoms with E-state index in [2.05, 4.69) is 15.0 Å². The van der Waals surface area contributed by atoms with Gasteiger partial charge in [0.1, 0.15) is 12.0 Å². The highest BCUT2D eigenvalue weighted by molar-refractivity contribution is 6.40. The van der Waals surface area contributed by atoms with E-state index in [0.29, 0.717) is 6.42 Å². The number of aromatic nitrogens is 2. The smallest absolute Gasteiger partial charge is 0.381 e. The number of carbonyl (C=O) groups excluding carboxylic acids is 2. The lowest BCUT2D eigenvalue weighted by Gasteiger charge is -2.44. The largest absolute Gasteiger partial charge is 0.416 e. The average Bonchev–Trinajstić information content (AvgIpc) is 2.81. The molecular weight excluding hydrogens is 506 g/mol. The highest BCUT2D eigenvalue weighted by Crippen LogP contribution is 2.35. The van der Waals surface area contributed by atoms with Crippen molar-refractivity contribution < 1.29 is 27.2 Å². The summed E-state index contributed by atoms with van der Waals surface area (Å²) >= 11 is 5.84. The molecule has 2 aliphatic heterocycles. The lowest BCUT2D eigenvalue weighted by atomic mass is 9.88. The van der Waals surface area contributed by atoms with Crippen molar-refractivity contribution in [3.05, 3.63) is 40.9 Å². The summed E-state index contributed by atoms with van der Waals surface area (Å²) in [5.74, 6) is -3.11. The number of primary amides is 1. The van der Waals surface area contributed by atoms with Crippen LogP contribution in [-0.2, 0) is 15.8 Å². The molecule has 2 amide bonds. The second-order valence-electron chi connectivity index (χ2n) is 8.56. The molecule has 1 aromatic heterocycles. The first-order valence-corrected chi connectivity index (χ1v) is 11.4. The van der Waals surface area contributed by atoms with Crippen LogP contribution in [0.1, 0.15) is 24.8 Å². The number of nitrogens with two attached hydrogens (primary N) is 2. The SMILES string of the molecule is NC(=O)[C@H]1CCN(c2ncnc(N)c2F)C[C@@H]1N1CCCC(=Nc2cc(Cl)cc(C(F)(F)F)c2)C1=O. The van der Waals surface area contributed by atoms with Gasteiger partial charge in [-0.15, -0.1) is 0 Å². The zero-order valence-electron chi connectivity index (χ0n) is 18.8. The van der Waals surface area contributed by atoms with E-state index in [1.54, 1.807) is 4.90 Å². The summed E-state index contributed by atoms with van der Waals surface area (Å²) in [4.78, 5) is 40.3. The molecule has 2 fully saturated rings. The number of rotatable bonds is 4. The third kappa shape index (κ3) is 5.20. The Labute approximate surface area is 208 Å². The maximum Gasteiger partial charge on any atom is 0.416 e. The van der Waals surface area contributed by atoms with Crippen LogP contribution >= 0.6 is 11.6 Å². The van der Waals surface area contributed by atoms with Crippen LogP contribution in [0.5, 0.6) is 0 Å². The molecule has 0 saturated carbocycles. The Kier molecular flexibility index (Phi) is 7.03. The van der Waals surface area contributed by atoms with Crippen molar-refractivity contribution in [3.8, 4) is 0 Å². The fraction of sp³-hybridized carbons (Fsp3) is 0.409. The molecule has 2 saturated heterocycles. The lowest BCUT2D eigenvalue weighted by molar-refractivity contribution is -0.137. The topological polar surface area (TPSA) is 131 Å². The van der Waals surface area contributed by atoms with Gasteiger partial charge in [0.05, 0.1) is 23.2 Å². The molecule has 0 unspecified atom stereocenters. The summed E-state index contributed by atoms with van der Waals surface area (Å²) in [6.45, 7) is 0.538. The first-order valence-electron chi connectivity index (χ1n) is 11.0. The number of benzene rings is 1. The monoisotopic (exact) mass is 527 g/mol. The van der Waals surface area contributed by atoms with E-state index in [1.807, 2.05) is 0 Å². The van der Waals surface area contributed by atoms with Crippen molar-refractivity contribution >= 4 is 46.5 Å². The normalized spacial score (nSPS) is 22.2. The van der Waals surface area contributed by atoms with Gasteiger partial charge in [-0.05, 0) is 37.5 Å². The summed E-state index contributed by atoms with van der Waals surface area (Å²) in [6, 6.07) is 2.07. The molecule has 0 spiro atoms. The number of likely N-dealkylation sites (tertiary alicyclic amines) is 1. The Morgan fingerprint density at radius 2 is 1.94 bits per heavy atom. The molecule has 0 aliphatic carbocycles. The van der Waals surface area contributed by atoms with Crippen molar-refractivity contribution in [2.75, 3.05) is 30.3 Å². The van der Waals surface area contributed by atoms with Gasteiger partial charge in [-0.2, -0.15) is 17.6 Å². The van der Waals surface area contributed by atoms with Gasteiger partial charge < -0.3 is 21.3 Å². The second kappa shape index (κ2) is 9.88. The summed E-state index contributed by atoms with van der Waals surface area (Å²) in [6.07, 6.45) is -2.63. The molecule has 2 aromatic rings. The van der Waals surface area contributed by atoms with Crippen LogP contribution in [0.25, 0.3) is 0 Å². The molecule has 14 heteroatoms. The van der Waals surface area contributed by atoms with Crippen molar-refractivity contribution in [3.63, 3.8) is 0 Å². The van der Waals surface area contributed by atoms with Crippen LogP contribution < -0.4 is 16.4 Å². The molecule has 4 rings (SSSR count). The molecule has 2 atom stereocenters. The minimum absolute atomic E-state index is 0.0226. The first kappa shape index (κ1) is 25.6. The molecule has 36 heavy (non-hydrogen) atoms. The Hall–Kier alpha value is -3.48. The quantitative estimate of drug-likeness (QED) is 0.588. The number of carbonyl (C=O) groups is 2. The van der Waals surface area contributed by atoms with Gasteiger partial charge in [-0.3, -0.25) is 9.59 Å². The minimum atomic E-state index is -4.64. The van der Waals surface area contributed by atoms with E-state index in [-0.39, 0.29) is 60.5 Å². The standard InChI is InChI=1S/C22H22ClF4N7O2/c23-12-6-11(22(25,26)27)7-13(8-12)32-15-2-1-4-34(21(15)36)16-9-33(5-3-14(16)19(29)35)20-17(24)18(28)30-10-31-20/h6-8,10,14,16H,1-5,9H2,(H2,29,35)(H2,28,30,31)/t14-,16-/m0/s1. The maximum atomic E-state index is 14.6. The molecule has 0 radical (unpaired) electrons. The highest BCUT2D eigenvalue weighted by atomic mass is 35.5. The average molecular weight is 528 g/mol. The predicted molar refractivity (Wildman–Crippen MR) is 124 cm³/mol. The summed E-state index contributed by atoms with van der Waals surface area (Å²) in [5.41, 5.74) is 10.1. The first-order chi connectivity index (χ1) is 17.0. The molecular formula is C22H22ClF4N7O2. The van der Waals surface area contributed by atoms with Gasteiger partial charge >= 0.3 is 6.18 Å². The van der Waals surface area contributed by atoms with Gasteiger partial charge in [-0.25, -0.2) is 15.0 Å². The van der Waals surface area contributed by atoms with Crippen LogP contribution in [0.3, 0.4) is 0 Å². The number of anilines is 2. The van der Waals surface area contributed by atoms with Crippen LogP contribution in [0.4, 0.5) is 34.9 Å². The fourth-order valence-electron chi connectivity index (χ4n) is 4.54. The fourth-order valence-corrected chi connectivity index (χ4v) is 4.76. The van der Waals surface area contributed by atoms with E-state index in [4.69, 9.17) is 23.1 Å². The van der Waals surface area contributed by atoms with Crippen molar-refractivity contribution in [1.29, 1.82) is 0 Å². The molecule has 2 aliphatic rings. The number of hydrogen-bond donors (Lipinski definition) is 2. The van der Waals surface area contributed by atoms with E-state index >= 15 is 0 Å². The van der Waals surface area contributed by atoms with Crippen molar-refractivity contribution in [2.24, 2.45) is 16.6 Å². The third-order valence-corrected chi connectivity index (χ3v) is 6.46. The minimum Gasteiger partial charge on any atom is -0.381 e. The molecule has 4 N–H and O–H groups in total. The molecule has 192 valence electrons. The van der Waals surface area contributed by atoms with E-state index < -0.39 is 41.3 Å². The Balaban J connectivity index is 1.64. The summed E-state index contributed by atoms with van der Waals surface area (Å²) < 4.78 is 54.1. The summed E-state index contributed by atoms with van der Waals surface area (Å²) in [7, 11) is 0. The number of nitrogen functional groups attached to an aromatic ring is 1. The second-order valence-corrected chi connectivity index (χ2v) is 9.00. The van der Waals surface area contributed by atoms with Crippen LogP contribution in [0, 0.1) is 11.7 Å². The van der Waals surface area contributed by atoms with Gasteiger partial charge in [0.25, 0.3) is 5.91 Å².